The van der Waals surface area contributed by atoms with Gasteiger partial charge in [0.15, 0.2) is 0 Å². The third kappa shape index (κ3) is 10.7. The quantitative estimate of drug-likeness (QED) is 0.197. The molecule has 0 aromatic heterocycles. The van der Waals surface area contributed by atoms with Gasteiger partial charge in [0, 0.05) is 38.0 Å². The zero-order valence-electron chi connectivity index (χ0n) is 17.3. The molecule has 0 radical (unpaired) electrons. The second-order valence-corrected chi connectivity index (χ2v) is 6.14. The van der Waals surface area contributed by atoms with Crippen LogP contribution in [0.2, 0.25) is 0 Å². The first-order chi connectivity index (χ1) is 13.8. The zero-order chi connectivity index (χ0) is 22.2. The van der Waals surface area contributed by atoms with Crippen LogP contribution in [0.3, 0.4) is 0 Å². The number of nitrogens with one attached hydrogen (secondary N) is 2. The monoisotopic (exact) mass is 403 g/mol. The largest absolute Gasteiger partial charge is 0.397 e. The van der Waals surface area contributed by atoms with Gasteiger partial charge in [-0.15, -0.1) is 0 Å². The fourth-order valence-electron chi connectivity index (χ4n) is 2.34. The summed E-state index contributed by atoms with van der Waals surface area (Å²) in [6, 6.07) is 0. The van der Waals surface area contributed by atoms with Crippen molar-refractivity contribution in [3.63, 3.8) is 0 Å². The van der Waals surface area contributed by atoms with Crippen LogP contribution in [0.5, 0.6) is 0 Å². The number of hydrazine groups is 1. The van der Waals surface area contributed by atoms with Crippen molar-refractivity contribution in [1.82, 2.24) is 15.6 Å². The molecule has 1 aliphatic heterocycles. The molecule has 0 aromatic carbocycles. The number of hydrogen-bond acceptors (Lipinski definition) is 6. The van der Waals surface area contributed by atoms with Gasteiger partial charge in [0.1, 0.15) is 0 Å². The zero-order valence-corrected chi connectivity index (χ0v) is 17.3. The molecular weight excluding hydrogens is 370 g/mol. The topological polar surface area (TPSA) is 123 Å². The first-order valence-corrected chi connectivity index (χ1v) is 9.11. The van der Waals surface area contributed by atoms with Crippen molar-refractivity contribution < 1.29 is 14.3 Å². The van der Waals surface area contributed by atoms with E-state index in [1.54, 1.807) is 11.0 Å². The molecular formula is C21H33N5O3. The van der Waals surface area contributed by atoms with Crippen LogP contribution in [0.4, 0.5) is 0 Å². The van der Waals surface area contributed by atoms with Crippen LogP contribution < -0.4 is 22.3 Å². The lowest BCUT2D eigenvalue weighted by Gasteiger charge is -2.14. The van der Waals surface area contributed by atoms with Gasteiger partial charge in [-0.1, -0.05) is 38.0 Å². The Morgan fingerprint density at radius 1 is 1.28 bits per heavy atom. The molecule has 2 amide bonds. The van der Waals surface area contributed by atoms with E-state index in [9.17, 15) is 9.59 Å². The first-order valence-electron chi connectivity index (χ1n) is 9.11. The Morgan fingerprint density at radius 3 is 2.48 bits per heavy atom. The molecule has 1 unspecified atom stereocenters. The molecule has 0 bridgehead atoms. The molecule has 29 heavy (non-hydrogen) atoms. The molecule has 1 rings (SSSR count). The van der Waals surface area contributed by atoms with Gasteiger partial charge in [0.2, 0.25) is 11.8 Å². The van der Waals surface area contributed by atoms with E-state index in [0.717, 1.165) is 18.5 Å². The van der Waals surface area contributed by atoms with Crippen LogP contribution in [0, 0.1) is 0 Å². The van der Waals surface area contributed by atoms with Gasteiger partial charge in [0.05, 0.1) is 18.4 Å². The summed E-state index contributed by atoms with van der Waals surface area (Å²) in [5.74, 6) is 4.76. The second-order valence-electron chi connectivity index (χ2n) is 6.14. The lowest BCUT2D eigenvalue weighted by molar-refractivity contribution is -0.125. The minimum atomic E-state index is -0.247. The maximum absolute atomic E-state index is 11.3. The Bertz CT molecular complexity index is 680. The summed E-state index contributed by atoms with van der Waals surface area (Å²) in [7, 11) is 1.53. The summed E-state index contributed by atoms with van der Waals surface area (Å²) in [5, 5.41) is 2.43. The lowest BCUT2D eigenvalue weighted by atomic mass is 10.2. The Balaban J connectivity index is 0.000000555. The van der Waals surface area contributed by atoms with Gasteiger partial charge < -0.3 is 26.1 Å². The number of amides is 2. The highest BCUT2D eigenvalue weighted by molar-refractivity contribution is 5.89. The molecule has 8 heteroatoms. The summed E-state index contributed by atoms with van der Waals surface area (Å²) in [4.78, 5) is 24.0. The fourth-order valence-corrected chi connectivity index (χ4v) is 2.34. The number of carbonyl (C=O) groups excluding carboxylic acids is 2. The van der Waals surface area contributed by atoms with E-state index in [0.29, 0.717) is 24.4 Å². The van der Waals surface area contributed by atoms with Gasteiger partial charge in [-0.25, -0.2) is 0 Å². The van der Waals surface area contributed by atoms with Crippen LogP contribution in [-0.2, 0) is 14.3 Å². The lowest BCUT2D eigenvalue weighted by Crippen LogP contribution is -2.28. The first kappa shape index (κ1) is 25.9. The standard InChI is InChI=1S/C13H19NO2.C8H14N4O/c1-4-6-11(3)10-16-12-7-8-14(9-12)13(15)5-2;1-3-6(4-8(13)11-2)7(9)5-12-10/h4-6,12H,1-2,7-10H2,3H3;3-5,12H,1,9-10H2,2H3,(H,11,13)/b11-6+;6-4+,7-5-. The Labute approximate surface area is 173 Å². The van der Waals surface area contributed by atoms with E-state index in [4.69, 9.17) is 16.3 Å². The van der Waals surface area contributed by atoms with Gasteiger partial charge in [0.25, 0.3) is 0 Å². The molecule has 0 aliphatic carbocycles. The SMILES string of the molecule is C=C/C=C(\C)COC1CCN(C(=O)C=C)C1.C=CC(=C\C(=O)NC)/C(N)=C/NN. The Morgan fingerprint density at radius 2 is 1.97 bits per heavy atom. The van der Waals surface area contributed by atoms with Crippen molar-refractivity contribution in [3.05, 3.63) is 73.2 Å². The normalized spacial score (nSPS) is 17.0. The number of hydrogen-bond donors (Lipinski definition) is 4. The van der Waals surface area contributed by atoms with Crippen molar-refractivity contribution in [1.29, 1.82) is 0 Å². The third-order valence-electron chi connectivity index (χ3n) is 3.91. The highest BCUT2D eigenvalue weighted by Crippen LogP contribution is 2.14. The molecule has 1 saturated heterocycles. The average Bonchev–Trinajstić information content (AvgIpc) is 3.19. The number of ether oxygens (including phenoxy) is 1. The van der Waals surface area contributed by atoms with E-state index in [-0.39, 0.29) is 17.9 Å². The molecule has 8 nitrogen and oxygen atoms in total. The summed E-state index contributed by atoms with van der Waals surface area (Å²) < 4.78 is 5.70. The molecule has 6 N–H and O–H groups in total. The maximum atomic E-state index is 11.3. The van der Waals surface area contributed by atoms with Crippen LogP contribution in [0.25, 0.3) is 0 Å². The minimum Gasteiger partial charge on any atom is -0.397 e. The smallest absolute Gasteiger partial charge is 0.246 e. The van der Waals surface area contributed by atoms with E-state index in [1.165, 1.54) is 31.5 Å². The van der Waals surface area contributed by atoms with E-state index in [1.807, 2.05) is 13.0 Å². The van der Waals surface area contributed by atoms with Gasteiger partial charge in [-0.05, 0) is 25.0 Å². The van der Waals surface area contributed by atoms with Crippen molar-refractivity contribution >= 4 is 11.8 Å². The number of allylic oxidation sites excluding steroid dienone is 3. The molecule has 1 atom stereocenters. The number of rotatable bonds is 9. The van der Waals surface area contributed by atoms with Crippen molar-refractivity contribution in [3.8, 4) is 0 Å². The minimum absolute atomic E-state index is 0.00976. The van der Waals surface area contributed by atoms with Gasteiger partial charge in [-0.2, -0.15) is 0 Å². The second kappa shape index (κ2) is 14.9. The molecule has 1 heterocycles. The summed E-state index contributed by atoms with van der Waals surface area (Å²) >= 11 is 0. The fraction of sp³-hybridized carbons (Fsp3) is 0.333. The molecule has 1 fully saturated rings. The van der Waals surface area contributed by atoms with Crippen LogP contribution >= 0.6 is 0 Å². The van der Waals surface area contributed by atoms with Crippen molar-refractivity contribution in [2.24, 2.45) is 11.6 Å². The molecule has 160 valence electrons. The van der Waals surface area contributed by atoms with Crippen LogP contribution in [0.1, 0.15) is 13.3 Å². The summed E-state index contributed by atoms with van der Waals surface area (Å²) in [5.41, 5.74) is 9.81. The van der Waals surface area contributed by atoms with Crippen LogP contribution in [-0.4, -0.2) is 49.6 Å². The molecule has 0 saturated carbocycles. The highest BCUT2D eigenvalue weighted by atomic mass is 16.5. The average molecular weight is 404 g/mol. The van der Waals surface area contributed by atoms with Crippen molar-refractivity contribution in [2.45, 2.75) is 19.4 Å². The third-order valence-corrected chi connectivity index (χ3v) is 3.91. The molecule has 1 aliphatic rings. The molecule has 0 aromatic rings. The van der Waals surface area contributed by atoms with Crippen LogP contribution in [0.15, 0.2) is 73.2 Å². The predicted octanol–water partition coefficient (Wildman–Crippen LogP) is 1.03. The summed E-state index contributed by atoms with van der Waals surface area (Å²) in [6.45, 7) is 14.7. The van der Waals surface area contributed by atoms with Gasteiger partial charge >= 0.3 is 0 Å². The number of carbonyl (C=O) groups is 2. The Hall–Kier alpha value is -3.10. The number of nitrogens with zero attached hydrogens (tertiary/aromatic N) is 1. The number of nitrogens with two attached hydrogens (primary N) is 2. The maximum Gasteiger partial charge on any atom is 0.246 e. The van der Waals surface area contributed by atoms with Gasteiger partial charge in [-0.3, -0.25) is 15.4 Å². The van der Waals surface area contributed by atoms with Crippen molar-refractivity contribution in [2.75, 3.05) is 26.7 Å². The molecule has 0 spiro atoms. The van der Waals surface area contributed by atoms with E-state index in [2.05, 4.69) is 30.5 Å². The summed E-state index contributed by atoms with van der Waals surface area (Å²) in [6.07, 6.45) is 10.3. The van der Waals surface area contributed by atoms with E-state index < -0.39 is 0 Å². The number of likely N-dealkylation sites (tertiary alicyclic amines) is 1. The van der Waals surface area contributed by atoms with E-state index >= 15 is 0 Å². The highest BCUT2D eigenvalue weighted by Gasteiger charge is 2.25. The predicted molar refractivity (Wildman–Crippen MR) is 117 cm³/mol. The number of likely N-dealkylation sites (N-methyl/N-ethyl adjacent to an activating group) is 1. The Kier molecular flexibility index (Phi) is 13.3.